The minimum absolute atomic E-state index is 0. The van der Waals surface area contributed by atoms with Crippen LogP contribution in [0.15, 0.2) is 53.4 Å². The van der Waals surface area contributed by atoms with Gasteiger partial charge in [-0.25, -0.2) is 8.42 Å². The molecule has 1 aliphatic rings. The maximum atomic E-state index is 12.9. The van der Waals surface area contributed by atoms with Crippen molar-refractivity contribution in [3.8, 4) is 0 Å². The molecule has 2 aromatic rings. The fraction of sp³-hybridized carbons (Fsp3) is 0.278. The Morgan fingerprint density at radius 2 is 1.74 bits per heavy atom. The van der Waals surface area contributed by atoms with Crippen molar-refractivity contribution in [3.63, 3.8) is 0 Å². The Hall–Kier alpha value is -1.80. The van der Waals surface area contributed by atoms with Gasteiger partial charge < -0.3 is 10.2 Å². The standard InChI is InChI=1S/C18H20ClN3O3S.ClH/c19-14-6-8-15(9-7-14)26(24,25)21-17-5-2-1-4-16(17)18(23)22-12-3-10-20-11-13-22;/h1-2,4-9,20-21H,3,10-13H2;1H. The molecule has 6 nitrogen and oxygen atoms in total. The van der Waals surface area contributed by atoms with Gasteiger partial charge in [0, 0.05) is 24.7 Å². The van der Waals surface area contributed by atoms with Crippen LogP contribution in [0.3, 0.4) is 0 Å². The van der Waals surface area contributed by atoms with Gasteiger partial charge in [0.25, 0.3) is 15.9 Å². The average molecular weight is 430 g/mol. The van der Waals surface area contributed by atoms with Crippen molar-refractivity contribution in [2.24, 2.45) is 0 Å². The zero-order chi connectivity index (χ0) is 18.6. The van der Waals surface area contributed by atoms with E-state index >= 15 is 0 Å². The summed E-state index contributed by atoms with van der Waals surface area (Å²) in [5.74, 6) is -0.178. The number of sulfonamides is 1. The van der Waals surface area contributed by atoms with E-state index in [0.29, 0.717) is 23.7 Å². The number of carbonyl (C=O) groups is 1. The van der Waals surface area contributed by atoms with E-state index in [1.807, 2.05) is 0 Å². The minimum atomic E-state index is -3.82. The number of rotatable bonds is 4. The third-order valence-corrected chi connectivity index (χ3v) is 5.79. The lowest BCUT2D eigenvalue weighted by molar-refractivity contribution is 0.0767. The molecule has 27 heavy (non-hydrogen) atoms. The summed E-state index contributed by atoms with van der Waals surface area (Å²) in [6.45, 7) is 2.83. The first-order valence-corrected chi connectivity index (χ1v) is 10.2. The van der Waals surface area contributed by atoms with E-state index in [2.05, 4.69) is 10.0 Å². The van der Waals surface area contributed by atoms with Crippen molar-refractivity contribution in [1.29, 1.82) is 0 Å². The molecule has 0 atom stereocenters. The Morgan fingerprint density at radius 3 is 2.48 bits per heavy atom. The summed E-state index contributed by atoms with van der Waals surface area (Å²) in [5.41, 5.74) is 0.608. The molecule has 2 N–H and O–H groups in total. The van der Waals surface area contributed by atoms with Crippen molar-refractivity contribution in [2.75, 3.05) is 30.9 Å². The first-order valence-electron chi connectivity index (χ1n) is 8.35. The van der Waals surface area contributed by atoms with Crippen LogP contribution in [0.2, 0.25) is 5.02 Å². The van der Waals surface area contributed by atoms with Crippen LogP contribution in [0.4, 0.5) is 5.69 Å². The molecule has 1 saturated heterocycles. The van der Waals surface area contributed by atoms with E-state index < -0.39 is 10.0 Å². The number of anilines is 1. The van der Waals surface area contributed by atoms with E-state index in [4.69, 9.17) is 11.6 Å². The molecule has 2 aromatic carbocycles. The fourth-order valence-corrected chi connectivity index (χ4v) is 4.00. The van der Waals surface area contributed by atoms with Gasteiger partial charge in [0.05, 0.1) is 16.1 Å². The average Bonchev–Trinajstić information content (AvgIpc) is 2.91. The molecule has 1 fully saturated rings. The molecule has 9 heteroatoms. The van der Waals surface area contributed by atoms with E-state index in [1.165, 1.54) is 24.3 Å². The molecule has 0 unspecified atom stereocenters. The van der Waals surface area contributed by atoms with Crippen LogP contribution < -0.4 is 10.0 Å². The Kier molecular flexibility index (Phi) is 7.49. The highest BCUT2D eigenvalue weighted by molar-refractivity contribution is 7.92. The zero-order valence-corrected chi connectivity index (χ0v) is 16.9. The molecule has 1 heterocycles. The van der Waals surface area contributed by atoms with E-state index in [1.54, 1.807) is 29.2 Å². The molecule has 0 saturated carbocycles. The second-order valence-corrected chi connectivity index (χ2v) is 8.12. The Balaban J connectivity index is 0.00000261. The molecular formula is C18H21Cl2N3O3S. The van der Waals surface area contributed by atoms with Crippen LogP contribution >= 0.6 is 24.0 Å². The third-order valence-electron chi connectivity index (χ3n) is 4.15. The summed E-state index contributed by atoms with van der Waals surface area (Å²) in [6, 6.07) is 12.5. The molecule has 0 aromatic heterocycles. The Bertz CT molecular complexity index is 881. The quantitative estimate of drug-likeness (QED) is 0.782. The van der Waals surface area contributed by atoms with Gasteiger partial charge in [-0.2, -0.15) is 0 Å². The Morgan fingerprint density at radius 1 is 1.04 bits per heavy atom. The molecule has 0 radical (unpaired) electrons. The second kappa shape index (κ2) is 9.41. The van der Waals surface area contributed by atoms with Crippen LogP contribution in [-0.4, -0.2) is 45.4 Å². The van der Waals surface area contributed by atoms with E-state index in [9.17, 15) is 13.2 Å². The monoisotopic (exact) mass is 429 g/mol. The van der Waals surface area contributed by atoms with Gasteiger partial charge >= 0.3 is 0 Å². The lowest BCUT2D eigenvalue weighted by atomic mass is 10.1. The maximum absolute atomic E-state index is 12.9. The number of hydrogen-bond donors (Lipinski definition) is 2. The molecule has 1 amide bonds. The second-order valence-electron chi connectivity index (χ2n) is 6.00. The van der Waals surface area contributed by atoms with Gasteiger partial charge in [-0.05, 0) is 49.4 Å². The molecular weight excluding hydrogens is 409 g/mol. The van der Waals surface area contributed by atoms with Gasteiger partial charge in [0.1, 0.15) is 0 Å². The topological polar surface area (TPSA) is 78.5 Å². The van der Waals surface area contributed by atoms with Gasteiger partial charge in [-0.3, -0.25) is 9.52 Å². The highest BCUT2D eigenvalue weighted by Gasteiger charge is 2.22. The summed E-state index contributed by atoms with van der Waals surface area (Å²) < 4.78 is 27.8. The summed E-state index contributed by atoms with van der Waals surface area (Å²) in [6.07, 6.45) is 0.865. The smallest absolute Gasteiger partial charge is 0.261 e. The highest BCUT2D eigenvalue weighted by atomic mass is 35.5. The van der Waals surface area contributed by atoms with Crippen molar-refractivity contribution in [1.82, 2.24) is 10.2 Å². The summed E-state index contributed by atoms with van der Waals surface area (Å²) >= 11 is 5.82. The maximum Gasteiger partial charge on any atom is 0.261 e. The lowest BCUT2D eigenvalue weighted by Gasteiger charge is -2.21. The summed E-state index contributed by atoms with van der Waals surface area (Å²) in [4.78, 5) is 14.7. The van der Waals surface area contributed by atoms with E-state index in [-0.39, 0.29) is 28.9 Å². The van der Waals surface area contributed by atoms with Crippen LogP contribution in [-0.2, 0) is 10.0 Å². The first kappa shape index (κ1) is 21.5. The molecule has 0 spiro atoms. The van der Waals surface area contributed by atoms with Gasteiger partial charge in [-0.15, -0.1) is 12.4 Å². The van der Waals surface area contributed by atoms with Crippen molar-refractivity contribution < 1.29 is 13.2 Å². The van der Waals surface area contributed by atoms with Crippen LogP contribution in [0.1, 0.15) is 16.8 Å². The number of amides is 1. The van der Waals surface area contributed by atoms with Crippen molar-refractivity contribution in [2.45, 2.75) is 11.3 Å². The van der Waals surface area contributed by atoms with Crippen LogP contribution in [0.5, 0.6) is 0 Å². The molecule has 0 aliphatic carbocycles. The summed E-state index contributed by atoms with van der Waals surface area (Å²) in [7, 11) is -3.82. The number of hydrogen-bond acceptors (Lipinski definition) is 4. The number of carbonyl (C=O) groups excluding carboxylic acids is 1. The fourth-order valence-electron chi connectivity index (χ4n) is 2.80. The first-order chi connectivity index (χ1) is 12.5. The van der Waals surface area contributed by atoms with Crippen molar-refractivity contribution >= 4 is 45.6 Å². The number of benzene rings is 2. The predicted octanol–water partition coefficient (Wildman–Crippen LogP) is 3.00. The van der Waals surface area contributed by atoms with Crippen LogP contribution in [0, 0.1) is 0 Å². The molecule has 1 aliphatic heterocycles. The number of para-hydroxylation sites is 1. The molecule has 146 valence electrons. The summed E-state index contributed by atoms with van der Waals surface area (Å²) in [5, 5.41) is 3.70. The predicted molar refractivity (Wildman–Crippen MR) is 109 cm³/mol. The minimum Gasteiger partial charge on any atom is -0.337 e. The normalized spacial score (nSPS) is 14.8. The number of nitrogens with zero attached hydrogens (tertiary/aromatic N) is 1. The number of nitrogens with one attached hydrogen (secondary N) is 2. The van der Waals surface area contributed by atoms with Gasteiger partial charge in [0.15, 0.2) is 0 Å². The van der Waals surface area contributed by atoms with E-state index in [0.717, 1.165) is 19.5 Å². The molecule has 0 bridgehead atoms. The van der Waals surface area contributed by atoms with Gasteiger partial charge in [0.2, 0.25) is 0 Å². The molecule has 3 rings (SSSR count). The van der Waals surface area contributed by atoms with Gasteiger partial charge in [-0.1, -0.05) is 23.7 Å². The number of halogens is 2. The van der Waals surface area contributed by atoms with Crippen LogP contribution in [0.25, 0.3) is 0 Å². The van der Waals surface area contributed by atoms with Crippen molar-refractivity contribution in [3.05, 3.63) is 59.1 Å². The zero-order valence-electron chi connectivity index (χ0n) is 14.5. The lowest BCUT2D eigenvalue weighted by Crippen LogP contribution is -2.34. The largest absolute Gasteiger partial charge is 0.337 e. The SMILES string of the molecule is Cl.O=C(c1ccccc1NS(=O)(=O)c1ccc(Cl)cc1)N1CCCNCC1. The Labute approximate surface area is 170 Å². The highest BCUT2D eigenvalue weighted by Crippen LogP contribution is 2.22. The third kappa shape index (κ3) is 5.35.